The number of hydrogen-bond acceptors (Lipinski definition) is 6. The molecule has 2 amide bonds. The molecule has 1 aliphatic heterocycles. The van der Waals surface area contributed by atoms with E-state index in [1.807, 2.05) is 19.9 Å². The number of phenols is 1. The molecule has 0 fully saturated rings. The van der Waals surface area contributed by atoms with Crippen molar-refractivity contribution in [2.24, 2.45) is 5.10 Å². The van der Waals surface area contributed by atoms with Crippen LogP contribution in [0.2, 0.25) is 0 Å². The number of fused-ring (bicyclic) bond motifs is 1. The van der Waals surface area contributed by atoms with Gasteiger partial charge in [-0.05, 0) is 69.9 Å². The molecule has 1 heterocycles. The summed E-state index contributed by atoms with van der Waals surface area (Å²) in [6.07, 6.45) is 2.35. The molecular formula is C22H27BN4O5S. The molecule has 0 aliphatic carbocycles. The smallest absolute Gasteiger partial charge is 0.315 e. The third-order valence-corrected chi connectivity index (χ3v) is 6.06. The fraction of sp³-hybridized carbons (Fsp3) is 0.318. The van der Waals surface area contributed by atoms with E-state index in [1.165, 1.54) is 23.4 Å². The Morgan fingerprint density at radius 1 is 1.09 bits per heavy atom. The Kier molecular flexibility index (Phi) is 6.30. The van der Waals surface area contributed by atoms with E-state index >= 15 is 0 Å². The maximum Gasteiger partial charge on any atom is 0.315 e. The molecule has 3 rings (SSSR count). The second-order valence-electron chi connectivity index (χ2n) is 9.18. The van der Waals surface area contributed by atoms with Crippen molar-refractivity contribution in [2.75, 3.05) is 6.26 Å². The Labute approximate surface area is 194 Å². The number of phenolic OH excluding ortho intramolecular Hbond substituents is 1. The first-order valence-electron chi connectivity index (χ1n) is 10.3. The van der Waals surface area contributed by atoms with E-state index in [2.05, 4.69) is 10.5 Å². The molecule has 2 aromatic carbocycles. The van der Waals surface area contributed by atoms with E-state index in [9.17, 15) is 23.1 Å². The van der Waals surface area contributed by atoms with Crippen LogP contribution in [0.25, 0.3) is 0 Å². The highest BCUT2D eigenvalue weighted by molar-refractivity contribution is 7.89. The highest BCUT2D eigenvalue weighted by atomic mass is 32.2. The van der Waals surface area contributed by atoms with Crippen LogP contribution in [0, 0.1) is 13.8 Å². The predicted octanol–water partition coefficient (Wildman–Crippen LogP) is 1.18. The van der Waals surface area contributed by atoms with Crippen molar-refractivity contribution in [1.29, 1.82) is 0 Å². The number of aromatic hydroxyl groups is 1. The molecule has 0 saturated carbocycles. The largest absolute Gasteiger partial charge is 0.507 e. The number of benzene rings is 2. The third-order valence-electron chi connectivity index (χ3n) is 5.07. The SMILES string of the molecule is Cc1cc(C)cc(C(=O)N(NC(=O)c2cc3c(cc2O)BN(S(C)(=O)=O)N=C3)C(C)(C)C)c1. The van der Waals surface area contributed by atoms with E-state index < -0.39 is 21.5 Å². The normalized spacial score (nSPS) is 13.2. The minimum Gasteiger partial charge on any atom is -0.507 e. The summed E-state index contributed by atoms with van der Waals surface area (Å²) in [4.78, 5) is 26.4. The number of hydrogen-bond donors (Lipinski definition) is 2. The lowest BCUT2D eigenvalue weighted by Crippen LogP contribution is -2.56. The molecule has 2 aromatic rings. The molecule has 0 radical (unpaired) electrons. The Balaban J connectivity index is 1.92. The molecule has 0 unspecified atom stereocenters. The maximum absolute atomic E-state index is 13.3. The second-order valence-corrected chi connectivity index (χ2v) is 11.1. The van der Waals surface area contributed by atoms with Crippen LogP contribution in [0.15, 0.2) is 35.4 Å². The van der Waals surface area contributed by atoms with Gasteiger partial charge in [0.25, 0.3) is 11.8 Å². The molecule has 9 nitrogen and oxygen atoms in total. The van der Waals surface area contributed by atoms with Crippen molar-refractivity contribution < 1.29 is 23.1 Å². The number of aryl methyl sites for hydroxylation is 2. The van der Waals surface area contributed by atoms with Gasteiger partial charge in [-0.1, -0.05) is 17.2 Å². The van der Waals surface area contributed by atoms with Gasteiger partial charge in [-0.3, -0.25) is 15.0 Å². The van der Waals surface area contributed by atoms with Crippen LogP contribution in [0.1, 0.15) is 58.2 Å². The van der Waals surface area contributed by atoms with Gasteiger partial charge in [0, 0.05) is 5.56 Å². The second kappa shape index (κ2) is 8.55. The quantitative estimate of drug-likeness (QED) is 0.516. The van der Waals surface area contributed by atoms with E-state index in [-0.39, 0.29) is 24.6 Å². The standard InChI is InChI=1S/C22H27BN4O5S/c1-13-7-14(2)9-15(8-13)21(30)26(22(3,4)5)25-20(29)17-10-16-12-24-27(33(6,31)32)23-18(16)11-19(17)28/h7-12,23,28H,1-6H3,(H,25,29). The van der Waals surface area contributed by atoms with Crippen LogP contribution in [-0.2, 0) is 10.0 Å². The zero-order chi connectivity index (χ0) is 24.7. The molecule has 2 N–H and O–H groups in total. The number of amides is 2. The van der Waals surface area contributed by atoms with E-state index in [4.69, 9.17) is 0 Å². The van der Waals surface area contributed by atoms with Gasteiger partial charge >= 0.3 is 7.41 Å². The fourth-order valence-corrected chi connectivity index (χ4v) is 4.11. The number of hydrazine groups is 1. The topological polar surface area (TPSA) is 119 Å². The number of hydrazone groups is 1. The van der Waals surface area contributed by atoms with Gasteiger partial charge in [0.1, 0.15) is 5.75 Å². The summed E-state index contributed by atoms with van der Waals surface area (Å²) >= 11 is 0. The van der Waals surface area contributed by atoms with E-state index in [1.54, 1.807) is 32.9 Å². The number of carbonyl (C=O) groups is 2. The molecular weight excluding hydrogens is 443 g/mol. The first-order valence-corrected chi connectivity index (χ1v) is 12.1. The maximum atomic E-state index is 13.3. The van der Waals surface area contributed by atoms with Crippen molar-refractivity contribution in [1.82, 2.24) is 14.8 Å². The first kappa shape index (κ1) is 24.3. The molecule has 0 bridgehead atoms. The van der Waals surface area contributed by atoms with Crippen molar-refractivity contribution in [3.63, 3.8) is 0 Å². The summed E-state index contributed by atoms with van der Waals surface area (Å²) in [7, 11) is -3.61. The van der Waals surface area contributed by atoms with Gasteiger partial charge in [0.2, 0.25) is 10.0 Å². The Hall–Kier alpha value is -3.34. The van der Waals surface area contributed by atoms with Gasteiger partial charge < -0.3 is 5.11 Å². The van der Waals surface area contributed by atoms with Crippen LogP contribution >= 0.6 is 0 Å². The molecule has 174 valence electrons. The highest BCUT2D eigenvalue weighted by Crippen LogP contribution is 2.21. The number of rotatable bonds is 3. The molecule has 33 heavy (non-hydrogen) atoms. The lowest BCUT2D eigenvalue weighted by atomic mass is 9.78. The molecule has 0 spiro atoms. The molecule has 1 aliphatic rings. The minimum atomic E-state index is -3.55. The zero-order valence-corrected chi connectivity index (χ0v) is 20.3. The Bertz CT molecular complexity index is 1250. The molecule has 0 aromatic heterocycles. The Morgan fingerprint density at radius 3 is 2.24 bits per heavy atom. The first-order chi connectivity index (χ1) is 15.2. The highest BCUT2D eigenvalue weighted by Gasteiger charge is 2.31. The summed E-state index contributed by atoms with van der Waals surface area (Å²) in [6, 6.07) is 8.21. The monoisotopic (exact) mass is 470 g/mol. The predicted molar refractivity (Wildman–Crippen MR) is 128 cm³/mol. The van der Waals surface area contributed by atoms with Gasteiger partial charge in [0.15, 0.2) is 0 Å². The Morgan fingerprint density at radius 2 is 1.70 bits per heavy atom. The molecule has 0 atom stereocenters. The van der Waals surface area contributed by atoms with E-state index in [0.29, 0.717) is 16.6 Å². The van der Waals surface area contributed by atoms with Gasteiger partial charge in [-0.15, -0.1) is 0 Å². The number of nitrogens with one attached hydrogen (secondary N) is 1. The van der Waals surface area contributed by atoms with Gasteiger partial charge in [-0.25, -0.2) is 17.8 Å². The summed E-state index contributed by atoms with van der Waals surface area (Å²) < 4.78 is 24.4. The lowest BCUT2D eigenvalue weighted by Gasteiger charge is -2.35. The van der Waals surface area contributed by atoms with Crippen LogP contribution in [0.5, 0.6) is 5.75 Å². The lowest BCUT2D eigenvalue weighted by molar-refractivity contribution is 0.0357. The van der Waals surface area contributed by atoms with Crippen molar-refractivity contribution in [3.05, 3.63) is 58.1 Å². The average molecular weight is 470 g/mol. The third kappa shape index (κ3) is 5.36. The van der Waals surface area contributed by atoms with Crippen molar-refractivity contribution in [2.45, 2.75) is 40.2 Å². The van der Waals surface area contributed by atoms with Gasteiger partial charge in [0.05, 0.1) is 23.6 Å². The van der Waals surface area contributed by atoms with Crippen LogP contribution in [0.3, 0.4) is 0 Å². The fourth-order valence-electron chi connectivity index (χ4n) is 3.52. The summed E-state index contributed by atoms with van der Waals surface area (Å²) in [5, 5.41) is 15.6. The van der Waals surface area contributed by atoms with Gasteiger partial charge in [-0.2, -0.15) is 5.10 Å². The van der Waals surface area contributed by atoms with Crippen molar-refractivity contribution >= 4 is 40.9 Å². The van der Waals surface area contributed by atoms with Crippen LogP contribution in [0.4, 0.5) is 0 Å². The number of sulfonamides is 1. The van der Waals surface area contributed by atoms with E-state index in [0.717, 1.165) is 21.7 Å². The summed E-state index contributed by atoms with van der Waals surface area (Å²) in [6.45, 7) is 9.13. The number of carbonyl (C=O) groups excluding carboxylic acids is 2. The molecule has 11 heteroatoms. The summed E-state index contributed by atoms with van der Waals surface area (Å²) in [5.41, 5.74) is 5.10. The zero-order valence-electron chi connectivity index (χ0n) is 19.5. The van der Waals surface area contributed by atoms with Crippen LogP contribution < -0.4 is 10.9 Å². The van der Waals surface area contributed by atoms with Crippen LogP contribution in [-0.4, -0.2) is 60.1 Å². The number of nitrogens with zero attached hydrogens (tertiary/aromatic N) is 3. The van der Waals surface area contributed by atoms with Crippen molar-refractivity contribution in [3.8, 4) is 5.75 Å². The average Bonchev–Trinajstić information content (AvgIpc) is 2.68. The minimum absolute atomic E-state index is 0.0561. The molecule has 0 saturated heterocycles. The summed E-state index contributed by atoms with van der Waals surface area (Å²) in [5.74, 6) is -1.39.